The van der Waals surface area contributed by atoms with Crippen LogP contribution < -0.4 is 0 Å². The van der Waals surface area contributed by atoms with Gasteiger partial charge in [0.1, 0.15) is 0 Å². The zero-order chi connectivity index (χ0) is 19.1. The largest absolute Gasteiger partial charge is 0.0683 e. The van der Waals surface area contributed by atoms with Gasteiger partial charge in [-0.25, -0.2) is 0 Å². The molecule has 22 heavy (non-hydrogen) atoms. The maximum atomic E-state index is 2.12. The van der Waals surface area contributed by atoms with Crippen molar-refractivity contribution in [2.24, 2.45) is 0 Å². The molecule has 1 aromatic carbocycles. The SMILES string of the molecule is CC.CC.CCC.CCC.CCC.CCC.c1ccccc1. The molecular weight excluding hydrogens is 264 g/mol. The van der Waals surface area contributed by atoms with Crippen LogP contribution >= 0.6 is 0 Å². The smallest absolute Gasteiger partial charge is 0.0590 e. The third-order valence-corrected chi connectivity index (χ3v) is 0.667. The van der Waals surface area contributed by atoms with E-state index in [-0.39, 0.29) is 0 Å². The number of benzene rings is 1. The molecule has 1 rings (SSSR count). The normalized spacial score (nSPS) is 6.00. The number of hydrogen-bond acceptors (Lipinski definition) is 0. The van der Waals surface area contributed by atoms with Gasteiger partial charge >= 0.3 is 0 Å². The average Bonchev–Trinajstić information content (AvgIpc) is 2.56. The third kappa shape index (κ3) is 234. The average molecular weight is 315 g/mol. The predicted molar refractivity (Wildman–Crippen MR) is 113 cm³/mol. The highest BCUT2D eigenvalue weighted by molar-refractivity contribution is 4.99. The first-order valence-corrected chi connectivity index (χ1v) is 9.66. The molecule has 1 aromatic rings. The molecule has 0 aliphatic heterocycles. The van der Waals surface area contributed by atoms with Crippen LogP contribution in [0.15, 0.2) is 36.4 Å². The first-order valence-electron chi connectivity index (χ1n) is 9.66. The van der Waals surface area contributed by atoms with E-state index in [0.717, 1.165) is 0 Å². The third-order valence-electron chi connectivity index (χ3n) is 0.667. The molecule has 0 N–H and O–H groups in total. The zero-order valence-electron chi connectivity index (χ0n) is 18.3. The van der Waals surface area contributed by atoms with Gasteiger partial charge in [0.05, 0.1) is 0 Å². The first kappa shape index (κ1) is 37.5. The Morgan fingerprint density at radius 3 is 0.409 bits per heavy atom. The maximum absolute atomic E-state index is 2.12. The fourth-order valence-electron chi connectivity index (χ4n) is 0.385. The van der Waals surface area contributed by atoms with Crippen LogP contribution in [0.4, 0.5) is 0 Å². The van der Waals surface area contributed by atoms with E-state index in [1.165, 1.54) is 25.7 Å². The van der Waals surface area contributed by atoms with Gasteiger partial charge in [0.2, 0.25) is 0 Å². The lowest BCUT2D eigenvalue weighted by Gasteiger charge is -1.69. The van der Waals surface area contributed by atoms with Gasteiger partial charge < -0.3 is 0 Å². The van der Waals surface area contributed by atoms with Gasteiger partial charge in [-0.2, -0.15) is 0 Å². The number of rotatable bonds is 0. The van der Waals surface area contributed by atoms with Crippen molar-refractivity contribution in [2.75, 3.05) is 0 Å². The number of hydrogen-bond donors (Lipinski definition) is 0. The van der Waals surface area contributed by atoms with Gasteiger partial charge in [-0.15, -0.1) is 0 Å². The molecule has 0 saturated carbocycles. The minimum atomic E-state index is 1.25. The summed E-state index contributed by atoms with van der Waals surface area (Å²) in [5.74, 6) is 0. The van der Waals surface area contributed by atoms with Gasteiger partial charge in [-0.05, 0) is 0 Å². The summed E-state index contributed by atoms with van der Waals surface area (Å²) in [6.45, 7) is 25.0. The van der Waals surface area contributed by atoms with Crippen LogP contribution in [0.5, 0.6) is 0 Å². The molecule has 0 atom stereocenters. The highest BCUT2D eigenvalue weighted by Crippen LogP contribution is 1.79. The van der Waals surface area contributed by atoms with Crippen LogP contribution in [0.2, 0.25) is 0 Å². The summed E-state index contributed by atoms with van der Waals surface area (Å²) in [5.41, 5.74) is 0. The van der Waals surface area contributed by atoms with Crippen molar-refractivity contribution in [1.82, 2.24) is 0 Å². The lowest BCUT2D eigenvalue weighted by Crippen LogP contribution is -1.47. The van der Waals surface area contributed by atoms with Crippen LogP contribution in [0.25, 0.3) is 0 Å². The molecule has 138 valence electrons. The lowest BCUT2D eigenvalue weighted by molar-refractivity contribution is 1.09. The van der Waals surface area contributed by atoms with Crippen LogP contribution in [0, 0.1) is 0 Å². The summed E-state index contributed by atoms with van der Waals surface area (Å²) in [4.78, 5) is 0. The van der Waals surface area contributed by atoms with E-state index in [1.54, 1.807) is 0 Å². The molecule has 0 heteroatoms. The summed E-state index contributed by atoms with van der Waals surface area (Å²) >= 11 is 0. The summed E-state index contributed by atoms with van der Waals surface area (Å²) in [5, 5.41) is 0. The summed E-state index contributed by atoms with van der Waals surface area (Å²) in [7, 11) is 0. The van der Waals surface area contributed by atoms with E-state index < -0.39 is 0 Å². The highest BCUT2D eigenvalue weighted by Gasteiger charge is 1.57. The van der Waals surface area contributed by atoms with Gasteiger partial charge in [-0.1, -0.05) is 145 Å². The Morgan fingerprint density at radius 1 is 0.318 bits per heavy atom. The van der Waals surface area contributed by atoms with Crippen molar-refractivity contribution < 1.29 is 0 Å². The minimum absolute atomic E-state index is 1.25. The van der Waals surface area contributed by atoms with Crippen molar-refractivity contribution in [3.8, 4) is 0 Å². The van der Waals surface area contributed by atoms with Crippen LogP contribution in [0.1, 0.15) is 109 Å². The Bertz CT molecular complexity index is 109. The molecule has 0 spiro atoms. The molecule has 0 nitrogen and oxygen atoms in total. The Hall–Kier alpha value is -0.780. The minimum Gasteiger partial charge on any atom is -0.0683 e. The van der Waals surface area contributed by atoms with Crippen LogP contribution in [-0.4, -0.2) is 0 Å². The maximum Gasteiger partial charge on any atom is -0.0590 e. The molecular formula is C22H50. The Kier molecular flexibility index (Phi) is 150. The second-order valence-electron chi connectivity index (χ2n) is 3.98. The monoisotopic (exact) mass is 314 g/mol. The quantitative estimate of drug-likeness (QED) is 0.447. The van der Waals surface area contributed by atoms with Crippen molar-refractivity contribution >= 4 is 0 Å². The predicted octanol–water partition coefficient (Wildman–Crippen LogP) is 9.40. The zero-order valence-corrected chi connectivity index (χ0v) is 18.3. The lowest BCUT2D eigenvalue weighted by atomic mass is 10.4. The van der Waals surface area contributed by atoms with E-state index in [2.05, 4.69) is 55.4 Å². The summed E-state index contributed by atoms with van der Waals surface area (Å²) in [6, 6.07) is 12.0. The van der Waals surface area contributed by atoms with Gasteiger partial charge in [-0.3, -0.25) is 0 Å². The standard InChI is InChI=1S/C6H6.4C3H8.2C2H6/c1-2-4-6-5-3-1;4*1-3-2;2*1-2/h1-6H;4*3H2,1-2H3;2*1-2H3. The molecule has 0 aromatic heterocycles. The topological polar surface area (TPSA) is 0 Å². The Labute approximate surface area is 145 Å². The van der Waals surface area contributed by atoms with Crippen molar-refractivity contribution in [3.05, 3.63) is 36.4 Å². The fraction of sp³-hybridized carbons (Fsp3) is 0.727. The second-order valence-corrected chi connectivity index (χ2v) is 3.98. The molecule has 0 aliphatic rings. The van der Waals surface area contributed by atoms with E-state index in [4.69, 9.17) is 0 Å². The summed E-state index contributed by atoms with van der Waals surface area (Å²) < 4.78 is 0. The molecule has 0 bridgehead atoms. The van der Waals surface area contributed by atoms with Crippen molar-refractivity contribution in [3.63, 3.8) is 0 Å². The van der Waals surface area contributed by atoms with Gasteiger partial charge in [0.25, 0.3) is 0 Å². The fourth-order valence-corrected chi connectivity index (χ4v) is 0.385. The first-order chi connectivity index (χ1) is 10.7. The van der Waals surface area contributed by atoms with Gasteiger partial charge in [0.15, 0.2) is 0 Å². The van der Waals surface area contributed by atoms with Crippen LogP contribution in [-0.2, 0) is 0 Å². The molecule has 0 saturated heterocycles. The molecule has 0 aliphatic carbocycles. The van der Waals surface area contributed by atoms with Crippen molar-refractivity contribution in [2.45, 2.75) is 109 Å². The van der Waals surface area contributed by atoms with E-state index in [0.29, 0.717) is 0 Å². The molecule has 0 heterocycles. The summed E-state index contributed by atoms with van der Waals surface area (Å²) in [6.07, 6.45) is 5.00. The Morgan fingerprint density at radius 2 is 0.364 bits per heavy atom. The molecule has 0 amide bonds. The second kappa shape index (κ2) is 87.9. The highest BCUT2D eigenvalue weighted by atomic mass is 13.6. The Balaban J connectivity index is -0.0000000358. The van der Waals surface area contributed by atoms with Crippen LogP contribution in [0.3, 0.4) is 0 Å². The van der Waals surface area contributed by atoms with E-state index in [1.807, 2.05) is 64.1 Å². The van der Waals surface area contributed by atoms with E-state index >= 15 is 0 Å². The molecule has 0 fully saturated rings. The molecule has 0 radical (unpaired) electrons. The van der Waals surface area contributed by atoms with Crippen molar-refractivity contribution in [1.29, 1.82) is 0 Å². The van der Waals surface area contributed by atoms with Gasteiger partial charge in [0, 0.05) is 0 Å². The van der Waals surface area contributed by atoms with E-state index in [9.17, 15) is 0 Å². The molecule has 0 unspecified atom stereocenters.